The number of aryl methyl sites for hydroxylation is 1. The molecule has 1 aromatic carbocycles. The number of rotatable bonds is 4. The number of carboxylic acid groups (broad SMARTS) is 1. The molecule has 0 bridgehead atoms. The summed E-state index contributed by atoms with van der Waals surface area (Å²) in [5, 5.41) is 9.05. The smallest absolute Gasteiger partial charge is 0.334 e. The van der Waals surface area contributed by atoms with Crippen molar-refractivity contribution in [3.63, 3.8) is 0 Å². The Morgan fingerprint density at radius 2 is 1.96 bits per heavy atom. The lowest BCUT2D eigenvalue weighted by Gasteiger charge is -2.32. The lowest BCUT2D eigenvalue weighted by atomic mass is 10.1. The summed E-state index contributed by atoms with van der Waals surface area (Å²) in [5.74, 6) is -1.68. The fourth-order valence-electron chi connectivity index (χ4n) is 3.26. The summed E-state index contributed by atoms with van der Waals surface area (Å²) < 4.78 is 5.14. The molecular formula is C18H22N2O5. The molecular weight excluding hydrogens is 324 g/mol. The maximum atomic E-state index is 12.7. The normalized spacial score (nSPS) is 23.8. The zero-order valence-corrected chi connectivity index (χ0v) is 14.2. The number of nitrogens with zero attached hydrogens (tertiary/aromatic N) is 2. The molecule has 2 saturated heterocycles. The van der Waals surface area contributed by atoms with Gasteiger partial charge in [0.1, 0.15) is 0 Å². The van der Waals surface area contributed by atoms with E-state index in [-0.39, 0.29) is 31.4 Å². The molecule has 7 heteroatoms. The highest BCUT2D eigenvalue weighted by Crippen LogP contribution is 2.23. The predicted octanol–water partition coefficient (Wildman–Crippen LogP) is 0.656. The minimum Gasteiger partial charge on any atom is -0.479 e. The monoisotopic (exact) mass is 346 g/mol. The van der Waals surface area contributed by atoms with Gasteiger partial charge in [-0.15, -0.1) is 0 Å². The van der Waals surface area contributed by atoms with Crippen molar-refractivity contribution in [2.45, 2.75) is 26.0 Å². The Morgan fingerprint density at radius 1 is 1.24 bits per heavy atom. The van der Waals surface area contributed by atoms with Gasteiger partial charge in [-0.3, -0.25) is 9.59 Å². The van der Waals surface area contributed by atoms with Crippen molar-refractivity contribution in [2.75, 3.05) is 26.2 Å². The fourth-order valence-corrected chi connectivity index (χ4v) is 3.26. The third-order valence-electron chi connectivity index (χ3n) is 4.71. The molecule has 2 fully saturated rings. The van der Waals surface area contributed by atoms with Crippen LogP contribution in [0, 0.1) is 12.8 Å². The Morgan fingerprint density at radius 3 is 2.64 bits per heavy atom. The molecule has 0 spiro atoms. The molecule has 134 valence electrons. The molecule has 0 aromatic heterocycles. The number of ether oxygens (including phenoxy) is 1. The Kier molecular flexibility index (Phi) is 5.03. The molecule has 3 rings (SSSR count). The average molecular weight is 346 g/mol. The van der Waals surface area contributed by atoms with Gasteiger partial charge in [0, 0.05) is 26.1 Å². The van der Waals surface area contributed by atoms with Crippen molar-refractivity contribution in [2.24, 2.45) is 5.92 Å². The van der Waals surface area contributed by atoms with Crippen LogP contribution in [0.4, 0.5) is 0 Å². The first-order chi connectivity index (χ1) is 11.9. The van der Waals surface area contributed by atoms with Gasteiger partial charge >= 0.3 is 5.97 Å². The van der Waals surface area contributed by atoms with Gasteiger partial charge in [-0.25, -0.2) is 4.79 Å². The standard InChI is InChI=1S/C18H22N2O5/c1-12-2-4-13(5-3-12)9-20-10-14(8-16(20)21)17(22)19-6-7-25-15(11-19)18(23)24/h2-5,14-15H,6-11H2,1H3,(H,23,24)/t14-,15-/m1/s1. The molecule has 1 aromatic rings. The second-order valence-electron chi connectivity index (χ2n) is 6.64. The van der Waals surface area contributed by atoms with E-state index in [1.165, 1.54) is 4.90 Å². The quantitative estimate of drug-likeness (QED) is 0.865. The van der Waals surface area contributed by atoms with Crippen molar-refractivity contribution in [3.05, 3.63) is 35.4 Å². The second-order valence-corrected chi connectivity index (χ2v) is 6.64. The zero-order valence-electron chi connectivity index (χ0n) is 14.2. The van der Waals surface area contributed by atoms with Crippen LogP contribution in [-0.4, -0.2) is 65.0 Å². The first-order valence-electron chi connectivity index (χ1n) is 8.40. The maximum absolute atomic E-state index is 12.7. The second kappa shape index (κ2) is 7.23. The highest BCUT2D eigenvalue weighted by Gasteiger charge is 2.38. The van der Waals surface area contributed by atoms with E-state index >= 15 is 0 Å². The van der Waals surface area contributed by atoms with Gasteiger partial charge in [-0.1, -0.05) is 29.8 Å². The molecule has 0 radical (unpaired) electrons. The number of hydrogen-bond donors (Lipinski definition) is 1. The Bertz CT molecular complexity index is 673. The number of hydrogen-bond acceptors (Lipinski definition) is 4. The number of carbonyl (C=O) groups is 3. The number of benzene rings is 1. The molecule has 25 heavy (non-hydrogen) atoms. The summed E-state index contributed by atoms with van der Waals surface area (Å²) in [6.07, 6.45) is -0.807. The van der Waals surface area contributed by atoms with Crippen LogP contribution in [0.25, 0.3) is 0 Å². The van der Waals surface area contributed by atoms with Gasteiger partial charge < -0.3 is 19.6 Å². The van der Waals surface area contributed by atoms with Crippen LogP contribution in [0.3, 0.4) is 0 Å². The lowest BCUT2D eigenvalue weighted by molar-refractivity contribution is -0.160. The van der Waals surface area contributed by atoms with E-state index in [9.17, 15) is 14.4 Å². The molecule has 1 N–H and O–H groups in total. The van der Waals surface area contributed by atoms with E-state index < -0.39 is 18.0 Å². The number of morpholine rings is 1. The minimum absolute atomic E-state index is 0.0385. The SMILES string of the molecule is Cc1ccc(CN2C[C@H](C(=O)N3CCO[C@@H](C(=O)O)C3)CC2=O)cc1. The van der Waals surface area contributed by atoms with Crippen molar-refractivity contribution < 1.29 is 24.2 Å². The molecule has 2 amide bonds. The fraction of sp³-hybridized carbons (Fsp3) is 0.500. The molecule has 7 nitrogen and oxygen atoms in total. The Labute approximate surface area is 146 Å². The summed E-state index contributed by atoms with van der Waals surface area (Å²) in [7, 11) is 0. The first kappa shape index (κ1) is 17.4. The number of aliphatic carboxylic acids is 1. The van der Waals surface area contributed by atoms with Gasteiger partial charge in [0.15, 0.2) is 6.10 Å². The maximum Gasteiger partial charge on any atom is 0.334 e. The van der Waals surface area contributed by atoms with Crippen LogP contribution in [0.2, 0.25) is 0 Å². The van der Waals surface area contributed by atoms with E-state index in [0.29, 0.717) is 19.6 Å². The van der Waals surface area contributed by atoms with Crippen molar-refractivity contribution in [3.8, 4) is 0 Å². The molecule has 2 heterocycles. The van der Waals surface area contributed by atoms with Gasteiger partial charge in [0.25, 0.3) is 0 Å². The van der Waals surface area contributed by atoms with Gasteiger partial charge in [-0.05, 0) is 12.5 Å². The van der Waals surface area contributed by atoms with Crippen LogP contribution in [0.5, 0.6) is 0 Å². The third kappa shape index (κ3) is 3.99. The van der Waals surface area contributed by atoms with E-state index in [1.54, 1.807) is 4.90 Å². The third-order valence-corrected chi connectivity index (χ3v) is 4.71. The molecule has 0 unspecified atom stereocenters. The molecule has 2 aliphatic rings. The van der Waals surface area contributed by atoms with Crippen molar-refractivity contribution in [1.82, 2.24) is 9.80 Å². The largest absolute Gasteiger partial charge is 0.479 e. The zero-order chi connectivity index (χ0) is 18.0. The van der Waals surface area contributed by atoms with Crippen LogP contribution < -0.4 is 0 Å². The van der Waals surface area contributed by atoms with E-state index in [2.05, 4.69) is 0 Å². The van der Waals surface area contributed by atoms with Gasteiger partial charge in [-0.2, -0.15) is 0 Å². The summed E-state index contributed by atoms with van der Waals surface area (Å²) >= 11 is 0. The van der Waals surface area contributed by atoms with Gasteiger partial charge in [0.05, 0.1) is 19.1 Å². The molecule has 2 atom stereocenters. The predicted molar refractivity (Wildman–Crippen MR) is 88.7 cm³/mol. The van der Waals surface area contributed by atoms with Gasteiger partial charge in [0.2, 0.25) is 11.8 Å². The number of carbonyl (C=O) groups excluding carboxylic acids is 2. The lowest BCUT2D eigenvalue weighted by Crippen LogP contribution is -2.50. The number of amides is 2. The highest BCUT2D eigenvalue weighted by molar-refractivity contribution is 5.89. The van der Waals surface area contributed by atoms with E-state index in [1.807, 2.05) is 31.2 Å². The Balaban J connectivity index is 1.60. The highest BCUT2D eigenvalue weighted by atomic mass is 16.5. The minimum atomic E-state index is -1.07. The summed E-state index contributed by atoms with van der Waals surface area (Å²) in [6.45, 7) is 3.48. The summed E-state index contributed by atoms with van der Waals surface area (Å²) in [4.78, 5) is 39.2. The number of likely N-dealkylation sites (tertiary alicyclic amines) is 1. The molecule has 2 aliphatic heterocycles. The number of carboxylic acids is 1. The first-order valence-corrected chi connectivity index (χ1v) is 8.40. The van der Waals surface area contributed by atoms with Crippen LogP contribution >= 0.6 is 0 Å². The summed E-state index contributed by atoms with van der Waals surface area (Å²) in [6, 6.07) is 7.96. The van der Waals surface area contributed by atoms with Crippen molar-refractivity contribution in [1.29, 1.82) is 0 Å². The molecule has 0 aliphatic carbocycles. The van der Waals surface area contributed by atoms with Crippen LogP contribution in [-0.2, 0) is 25.7 Å². The average Bonchev–Trinajstić information content (AvgIpc) is 2.97. The Hall–Kier alpha value is -2.41. The van der Waals surface area contributed by atoms with Crippen LogP contribution in [0.15, 0.2) is 24.3 Å². The van der Waals surface area contributed by atoms with Crippen LogP contribution in [0.1, 0.15) is 17.5 Å². The molecule has 0 saturated carbocycles. The van der Waals surface area contributed by atoms with E-state index in [4.69, 9.17) is 9.84 Å². The summed E-state index contributed by atoms with van der Waals surface area (Å²) in [5.41, 5.74) is 2.19. The van der Waals surface area contributed by atoms with Crippen molar-refractivity contribution >= 4 is 17.8 Å². The topological polar surface area (TPSA) is 87.2 Å². The van der Waals surface area contributed by atoms with E-state index in [0.717, 1.165) is 11.1 Å².